The Morgan fingerprint density at radius 1 is 1.21 bits per heavy atom. The molecule has 0 radical (unpaired) electrons. The van der Waals surface area contributed by atoms with E-state index >= 15 is 0 Å². The van der Waals surface area contributed by atoms with E-state index in [-0.39, 0.29) is 11.2 Å². The summed E-state index contributed by atoms with van der Waals surface area (Å²) < 4.78 is 33.7. The summed E-state index contributed by atoms with van der Waals surface area (Å²) >= 11 is 0. The highest BCUT2D eigenvalue weighted by molar-refractivity contribution is 5.78. The summed E-state index contributed by atoms with van der Waals surface area (Å²) in [6.07, 6.45) is 4.86. The Morgan fingerprint density at radius 2 is 2.06 bits per heavy atom. The van der Waals surface area contributed by atoms with Crippen molar-refractivity contribution < 1.29 is 18.4 Å². The Balaban J connectivity index is 1.57. The molecular formula is C23H21FN6O4. The van der Waals surface area contributed by atoms with Gasteiger partial charge in [-0.25, -0.2) is 4.39 Å². The van der Waals surface area contributed by atoms with Crippen molar-refractivity contribution in [2.24, 2.45) is 0 Å². The molecule has 0 saturated heterocycles. The first-order valence-corrected chi connectivity index (χ1v) is 10.6. The van der Waals surface area contributed by atoms with E-state index in [4.69, 9.17) is 14.0 Å². The molecule has 0 aromatic carbocycles. The molecule has 0 aliphatic heterocycles. The topological polar surface area (TPSA) is 110 Å². The van der Waals surface area contributed by atoms with Crippen LogP contribution in [0.5, 0.6) is 5.75 Å². The molecule has 174 valence electrons. The number of nitrogens with zero attached hydrogens (tertiary/aromatic N) is 6. The highest BCUT2D eigenvalue weighted by atomic mass is 19.1. The Kier molecular flexibility index (Phi) is 5.54. The van der Waals surface area contributed by atoms with Crippen molar-refractivity contribution in [2.75, 3.05) is 20.3 Å². The number of hydrogen-bond donors (Lipinski definition) is 0. The minimum atomic E-state index is -0.564. The third-order valence-corrected chi connectivity index (χ3v) is 5.50. The van der Waals surface area contributed by atoms with E-state index in [2.05, 4.69) is 20.3 Å². The van der Waals surface area contributed by atoms with Crippen molar-refractivity contribution in [3.8, 4) is 17.1 Å². The highest BCUT2D eigenvalue weighted by Gasteiger charge is 2.21. The lowest BCUT2D eigenvalue weighted by Crippen LogP contribution is -2.25. The van der Waals surface area contributed by atoms with Gasteiger partial charge in [0.25, 0.3) is 5.56 Å². The van der Waals surface area contributed by atoms with Crippen LogP contribution in [0.2, 0.25) is 0 Å². The van der Waals surface area contributed by atoms with E-state index in [0.717, 1.165) is 0 Å². The maximum Gasteiger partial charge on any atom is 0.260 e. The molecule has 11 heteroatoms. The molecule has 5 aromatic rings. The van der Waals surface area contributed by atoms with E-state index in [1.807, 2.05) is 0 Å². The molecule has 5 heterocycles. The molecule has 5 aromatic heterocycles. The van der Waals surface area contributed by atoms with Gasteiger partial charge in [-0.1, -0.05) is 5.16 Å². The molecule has 0 N–H and O–H groups in total. The van der Waals surface area contributed by atoms with Crippen LogP contribution in [0.4, 0.5) is 4.39 Å². The molecule has 34 heavy (non-hydrogen) atoms. The van der Waals surface area contributed by atoms with Gasteiger partial charge in [0.15, 0.2) is 23.0 Å². The number of pyridine rings is 3. The smallest absolute Gasteiger partial charge is 0.260 e. The minimum absolute atomic E-state index is 0.0474. The Hall–Kier alpha value is -4.12. The monoisotopic (exact) mass is 464 g/mol. The van der Waals surface area contributed by atoms with E-state index in [1.54, 1.807) is 57.7 Å². The van der Waals surface area contributed by atoms with Crippen LogP contribution in [0.25, 0.3) is 27.9 Å². The first kappa shape index (κ1) is 21.7. The molecule has 0 fully saturated rings. The van der Waals surface area contributed by atoms with Crippen LogP contribution in [-0.2, 0) is 4.74 Å². The fourth-order valence-electron chi connectivity index (χ4n) is 3.76. The summed E-state index contributed by atoms with van der Waals surface area (Å²) in [5, 5.41) is 12.4. The fourth-order valence-corrected chi connectivity index (χ4v) is 3.76. The van der Waals surface area contributed by atoms with Crippen LogP contribution in [-0.4, -0.2) is 49.6 Å². The van der Waals surface area contributed by atoms with Crippen LogP contribution in [0.15, 0.2) is 52.2 Å². The zero-order chi connectivity index (χ0) is 23.8. The van der Waals surface area contributed by atoms with Gasteiger partial charge in [0.05, 0.1) is 35.4 Å². The van der Waals surface area contributed by atoms with Crippen molar-refractivity contribution in [2.45, 2.75) is 19.9 Å². The Bertz CT molecular complexity index is 1560. The minimum Gasteiger partial charge on any atom is -0.490 e. The number of hydrogen-bond acceptors (Lipinski definition) is 8. The molecule has 0 bridgehead atoms. The average Bonchev–Trinajstić information content (AvgIpc) is 3.46. The van der Waals surface area contributed by atoms with E-state index < -0.39 is 11.9 Å². The van der Waals surface area contributed by atoms with E-state index in [9.17, 15) is 9.18 Å². The Morgan fingerprint density at radius 3 is 2.82 bits per heavy atom. The summed E-state index contributed by atoms with van der Waals surface area (Å²) in [5.74, 6) is 0.703. The van der Waals surface area contributed by atoms with Crippen LogP contribution in [0.1, 0.15) is 24.5 Å². The standard InChI is InChI=1S/C23H21FN6O4/c1-13-8-20(34-28-13)15-9-18(24)22-27-26-21(30(22)12-15)14(2)29-5-4-19-17(23(29)31)10-16(11-25-19)33-7-6-32-3/h4-5,8-12,14H,6-7H2,1-3H3. The molecular weight excluding hydrogens is 443 g/mol. The van der Waals surface area contributed by atoms with Crippen LogP contribution < -0.4 is 10.3 Å². The zero-order valence-corrected chi connectivity index (χ0v) is 18.7. The molecule has 0 amide bonds. The SMILES string of the molecule is COCCOc1cnc2ccn(C(C)c3nnc4c(F)cc(-c5cc(C)no5)cn34)c(=O)c2c1. The summed E-state index contributed by atoms with van der Waals surface area (Å²) in [6, 6.07) is 5.85. The molecule has 0 aliphatic rings. The lowest BCUT2D eigenvalue weighted by molar-refractivity contribution is 0.146. The number of halogens is 1. The fraction of sp³-hybridized carbons (Fsp3) is 0.261. The predicted molar refractivity (Wildman–Crippen MR) is 120 cm³/mol. The second-order valence-electron chi connectivity index (χ2n) is 7.81. The van der Waals surface area contributed by atoms with Crippen molar-refractivity contribution in [3.63, 3.8) is 0 Å². The summed E-state index contributed by atoms with van der Waals surface area (Å²) in [4.78, 5) is 17.6. The molecule has 1 atom stereocenters. The lowest BCUT2D eigenvalue weighted by atomic mass is 10.2. The number of rotatable bonds is 7. The van der Waals surface area contributed by atoms with E-state index in [0.29, 0.717) is 52.7 Å². The van der Waals surface area contributed by atoms with Crippen LogP contribution >= 0.6 is 0 Å². The second kappa shape index (κ2) is 8.67. The normalized spacial score (nSPS) is 12.5. The van der Waals surface area contributed by atoms with Crippen LogP contribution in [0.3, 0.4) is 0 Å². The largest absolute Gasteiger partial charge is 0.490 e. The number of ether oxygens (including phenoxy) is 2. The maximum atomic E-state index is 14.8. The van der Waals surface area contributed by atoms with Crippen molar-refractivity contribution >= 4 is 16.6 Å². The average molecular weight is 464 g/mol. The summed E-state index contributed by atoms with van der Waals surface area (Å²) in [6.45, 7) is 4.33. The van der Waals surface area contributed by atoms with Gasteiger partial charge >= 0.3 is 0 Å². The molecule has 0 spiro atoms. The van der Waals surface area contributed by atoms with Gasteiger partial charge in [-0.3, -0.25) is 14.2 Å². The number of fused-ring (bicyclic) bond motifs is 2. The number of methoxy groups -OCH3 is 1. The van der Waals surface area contributed by atoms with Crippen LogP contribution in [0, 0.1) is 12.7 Å². The van der Waals surface area contributed by atoms with Gasteiger partial charge < -0.3 is 18.6 Å². The van der Waals surface area contributed by atoms with Gasteiger partial charge in [-0.15, -0.1) is 10.2 Å². The summed E-state index contributed by atoms with van der Waals surface area (Å²) in [7, 11) is 1.58. The second-order valence-corrected chi connectivity index (χ2v) is 7.81. The van der Waals surface area contributed by atoms with Crippen molar-refractivity contribution in [3.05, 3.63) is 70.5 Å². The van der Waals surface area contributed by atoms with Gasteiger partial charge in [-0.2, -0.15) is 0 Å². The molecule has 0 saturated carbocycles. The van der Waals surface area contributed by atoms with Crippen molar-refractivity contribution in [1.82, 2.24) is 29.3 Å². The summed E-state index contributed by atoms with van der Waals surface area (Å²) in [5.41, 5.74) is 1.45. The quantitative estimate of drug-likeness (QED) is 0.338. The first-order chi connectivity index (χ1) is 16.5. The van der Waals surface area contributed by atoms with Gasteiger partial charge in [0, 0.05) is 31.1 Å². The highest BCUT2D eigenvalue weighted by Crippen LogP contribution is 2.25. The maximum absolute atomic E-state index is 14.8. The molecule has 10 nitrogen and oxygen atoms in total. The number of aryl methyl sites for hydroxylation is 1. The van der Waals surface area contributed by atoms with Gasteiger partial charge in [0.2, 0.25) is 0 Å². The molecule has 1 unspecified atom stereocenters. The zero-order valence-electron chi connectivity index (χ0n) is 18.7. The van der Waals surface area contributed by atoms with E-state index in [1.165, 1.54) is 15.0 Å². The van der Waals surface area contributed by atoms with Crippen molar-refractivity contribution in [1.29, 1.82) is 0 Å². The third-order valence-electron chi connectivity index (χ3n) is 5.50. The first-order valence-electron chi connectivity index (χ1n) is 10.6. The number of aromatic nitrogens is 6. The molecule has 0 aliphatic carbocycles. The third kappa shape index (κ3) is 3.79. The Labute approximate surface area is 192 Å². The lowest BCUT2D eigenvalue weighted by Gasteiger charge is -2.15. The van der Waals surface area contributed by atoms with Gasteiger partial charge in [-0.05, 0) is 32.0 Å². The van der Waals surface area contributed by atoms with Gasteiger partial charge in [0.1, 0.15) is 12.4 Å². The molecule has 5 rings (SSSR count). The predicted octanol–water partition coefficient (Wildman–Crippen LogP) is 3.18.